The zero-order valence-corrected chi connectivity index (χ0v) is 10.9. The summed E-state index contributed by atoms with van der Waals surface area (Å²) in [6.45, 7) is 3.79. The molecule has 2 aromatic heterocycles. The van der Waals surface area contributed by atoms with Crippen LogP contribution in [0.3, 0.4) is 0 Å². The Morgan fingerprint density at radius 1 is 1.37 bits per heavy atom. The summed E-state index contributed by atoms with van der Waals surface area (Å²) >= 11 is 0. The maximum Gasteiger partial charge on any atom is 0.337 e. The Morgan fingerprint density at radius 3 is 2.63 bits per heavy atom. The number of carbonyl (C=O) groups is 1. The van der Waals surface area contributed by atoms with E-state index in [0.717, 1.165) is 35.6 Å². The van der Waals surface area contributed by atoms with Crippen molar-refractivity contribution in [1.82, 2.24) is 4.98 Å². The highest BCUT2D eigenvalue weighted by Gasteiger charge is 2.30. The fourth-order valence-electron chi connectivity index (χ4n) is 2.36. The molecule has 1 fully saturated rings. The van der Waals surface area contributed by atoms with E-state index in [0.29, 0.717) is 17.2 Å². The zero-order chi connectivity index (χ0) is 13.6. The smallest absolute Gasteiger partial charge is 0.337 e. The van der Waals surface area contributed by atoms with Crippen LogP contribution in [0.1, 0.15) is 46.3 Å². The lowest BCUT2D eigenvalue weighted by atomic mass is 10.1. The molecule has 0 unspecified atom stereocenters. The standard InChI is InChI=1S/C15H15NO3/c1-8-7-12(9(2)19-8)13-6-5-11(15(17)18)14(16-13)10-3-4-10/h5-7,10H,3-4H2,1-2H3,(H,17,18). The van der Waals surface area contributed by atoms with Crippen LogP contribution < -0.4 is 0 Å². The van der Waals surface area contributed by atoms with Crippen molar-refractivity contribution >= 4 is 5.97 Å². The quantitative estimate of drug-likeness (QED) is 0.913. The molecule has 4 nitrogen and oxygen atoms in total. The number of carboxylic acid groups (broad SMARTS) is 1. The second-order valence-corrected chi connectivity index (χ2v) is 5.04. The molecule has 0 radical (unpaired) electrons. The summed E-state index contributed by atoms with van der Waals surface area (Å²) in [5.41, 5.74) is 2.77. The van der Waals surface area contributed by atoms with Crippen molar-refractivity contribution in [2.75, 3.05) is 0 Å². The van der Waals surface area contributed by atoms with Gasteiger partial charge in [0.2, 0.25) is 0 Å². The summed E-state index contributed by atoms with van der Waals surface area (Å²) in [5.74, 6) is 1.06. The lowest BCUT2D eigenvalue weighted by molar-refractivity contribution is 0.0695. The Kier molecular flexibility index (Phi) is 2.66. The lowest BCUT2D eigenvalue weighted by Gasteiger charge is -2.06. The van der Waals surface area contributed by atoms with Gasteiger partial charge in [0.05, 0.1) is 17.0 Å². The van der Waals surface area contributed by atoms with Crippen molar-refractivity contribution in [3.63, 3.8) is 0 Å². The first-order chi connectivity index (χ1) is 9.06. The number of nitrogens with zero attached hydrogens (tertiary/aromatic N) is 1. The van der Waals surface area contributed by atoms with Gasteiger partial charge in [0.1, 0.15) is 11.5 Å². The van der Waals surface area contributed by atoms with Gasteiger partial charge in [-0.2, -0.15) is 0 Å². The molecule has 3 rings (SSSR count). The van der Waals surface area contributed by atoms with Crippen molar-refractivity contribution in [3.05, 3.63) is 41.0 Å². The van der Waals surface area contributed by atoms with Gasteiger partial charge in [0.25, 0.3) is 0 Å². The Morgan fingerprint density at radius 2 is 2.11 bits per heavy atom. The number of pyridine rings is 1. The molecular formula is C15H15NO3. The molecule has 0 spiro atoms. The zero-order valence-electron chi connectivity index (χ0n) is 10.9. The van der Waals surface area contributed by atoms with Gasteiger partial charge in [0.15, 0.2) is 0 Å². The van der Waals surface area contributed by atoms with E-state index in [1.807, 2.05) is 19.9 Å². The van der Waals surface area contributed by atoms with Crippen molar-refractivity contribution in [2.24, 2.45) is 0 Å². The fourth-order valence-corrected chi connectivity index (χ4v) is 2.36. The first-order valence-corrected chi connectivity index (χ1v) is 6.38. The number of hydrogen-bond acceptors (Lipinski definition) is 3. The van der Waals surface area contributed by atoms with Crippen LogP contribution in [0.4, 0.5) is 0 Å². The number of carboxylic acids is 1. The van der Waals surface area contributed by atoms with Crippen molar-refractivity contribution in [1.29, 1.82) is 0 Å². The minimum atomic E-state index is -0.902. The number of hydrogen-bond donors (Lipinski definition) is 1. The molecule has 0 aliphatic heterocycles. The summed E-state index contributed by atoms with van der Waals surface area (Å²) < 4.78 is 5.51. The van der Waals surface area contributed by atoms with Gasteiger partial charge in [-0.3, -0.25) is 4.98 Å². The molecule has 0 bridgehead atoms. The molecule has 19 heavy (non-hydrogen) atoms. The summed E-state index contributed by atoms with van der Waals surface area (Å²) in [5, 5.41) is 9.20. The largest absolute Gasteiger partial charge is 0.478 e. The van der Waals surface area contributed by atoms with E-state index < -0.39 is 5.97 Å². The average molecular weight is 257 g/mol. The van der Waals surface area contributed by atoms with Gasteiger partial charge in [-0.05, 0) is 44.9 Å². The summed E-state index contributed by atoms with van der Waals surface area (Å²) in [7, 11) is 0. The van der Waals surface area contributed by atoms with Crippen LogP contribution in [-0.2, 0) is 0 Å². The van der Waals surface area contributed by atoms with Crippen LogP contribution in [0.2, 0.25) is 0 Å². The van der Waals surface area contributed by atoms with Gasteiger partial charge in [-0.1, -0.05) is 0 Å². The van der Waals surface area contributed by atoms with E-state index in [9.17, 15) is 9.90 Å². The fraction of sp³-hybridized carbons (Fsp3) is 0.333. The van der Waals surface area contributed by atoms with Gasteiger partial charge in [-0.25, -0.2) is 4.79 Å². The molecular weight excluding hydrogens is 242 g/mol. The first-order valence-electron chi connectivity index (χ1n) is 6.38. The number of furan rings is 1. The minimum absolute atomic E-state index is 0.305. The average Bonchev–Trinajstić information content (AvgIpc) is 3.14. The molecule has 2 aromatic rings. The Balaban J connectivity index is 2.11. The van der Waals surface area contributed by atoms with E-state index in [1.165, 1.54) is 0 Å². The highest BCUT2D eigenvalue weighted by Crippen LogP contribution is 2.41. The third kappa shape index (κ3) is 2.14. The number of aromatic nitrogens is 1. The maximum atomic E-state index is 11.2. The summed E-state index contributed by atoms with van der Waals surface area (Å²) in [6.07, 6.45) is 2.06. The van der Waals surface area contributed by atoms with Gasteiger partial charge >= 0.3 is 5.97 Å². The molecule has 1 saturated carbocycles. The molecule has 0 saturated heterocycles. The predicted molar refractivity (Wildman–Crippen MR) is 70.3 cm³/mol. The van der Waals surface area contributed by atoms with Crippen LogP contribution in [0.5, 0.6) is 0 Å². The lowest BCUT2D eigenvalue weighted by Crippen LogP contribution is -2.04. The molecule has 2 heterocycles. The maximum absolute atomic E-state index is 11.2. The van der Waals surface area contributed by atoms with Gasteiger partial charge < -0.3 is 9.52 Å². The molecule has 1 aliphatic rings. The Labute approximate surface area is 111 Å². The topological polar surface area (TPSA) is 63.3 Å². The number of aryl methyl sites for hydroxylation is 2. The van der Waals surface area contributed by atoms with Crippen molar-refractivity contribution in [3.8, 4) is 11.3 Å². The first kappa shape index (κ1) is 12.0. The third-order valence-corrected chi connectivity index (χ3v) is 3.44. The molecule has 0 atom stereocenters. The Bertz CT molecular complexity index is 653. The molecule has 98 valence electrons. The second kappa shape index (κ2) is 4.23. The van der Waals surface area contributed by atoms with E-state index in [2.05, 4.69) is 4.98 Å². The third-order valence-electron chi connectivity index (χ3n) is 3.44. The monoisotopic (exact) mass is 257 g/mol. The predicted octanol–water partition coefficient (Wildman–Crippen LogP) is 3.53. The molecule has 0 aromatic carbocycles. The highest BCUT2D eigenvalue weighted by molar-refractivity contribution is 5.89. The van der Waals surface area contributed by atoms with E-state index in [1.54, 1.807) is 12.1 Å². The molecule has 1 N–H and O–H groups in total. The molecule has 1 aliphatic carbocycles. The van der Waals surface area contributed by atoms with Crippen LogP contribution in [-0.4, -0.2) is 16.1 Å². The van der Waals surface area contributed by atoms with Crippen LogP contribution in [0.25, 0.3) is 11.3 Å². The molecule has 0 amide bonds. The van der Waals surface area contributed by atoms with Gasteiger partial charge in [-0.15, -0.1) is 0 Å². The van der Waals surface area contributed by atoms with Crippen LogP contribution >= 0.6 is 0 Å². The normalized spacial score (nSPS) is 14.6. The number of rotatable bonds is 3. The second-order valence-electron chi connectivity index (χ2n) is 5.04. The SMILES string of the molecule is Cc1cc(-c2ccc(C(=O)O)c(C3CC3)n2)c(C)o1. The summed E-state index contributed by atoms with van der Waals surface area (Å²) in [6, 6.07) is 5.35. The summed E-state index contributed by atoms with van der Waals surface area (Å²) in [4.78, 5) is 15.8. The van der Waals surface area contributed by atoms with Crippen LogP contribution in [0.15, 0.2) is 22.6 Å². The number of aromatic carboxylic acids is 1. The Hall–Kier alpha value is -2.10. The molecule has 4 heteroatoms. The highest BCUT2D eigenvalue weighted by atomic mass is 16.4. The minimum Gasteiger partial charge on any atom is -0.478 e. The van der Waals surface area contributed by atoms with E-state index in [4.69, 9.17) is 4.42 Å². The van der Waals surface area contributed by atoms with Crippen molar-refractivity contribution in [2.45, 2.75) is 32.6 Å². The van der Waals surface area contributed by atoms with Gasteiger partial charge in [0, 0.05) is 11.5 Å². The van der Waals surface area contributed by atoms with E-state index >= 15 is 0 Å². The van der Waals surface area contributed by atoms with E-state index in [-0.39, 0.29) is 0 Å². The van der Waals surface area contributed by atoms with Crippen LogP contribution in [0, 0.1) is 13.8 Å². The van der Waals surface area contributed by atoms with Crippen molar-refractivity contribution < 1.29 is 14.3 Å².